The number of ether oxygens (including phenoxy) is 2. The number of amides is 1. The first-order valence-electron chi connectivity index (χ1n) is 11.0. The van der Waals surface area contributed by atoms with Crippen LogP contribution >= 0.6 is 0 Å². The van der Waals surface area contributed by atoms with E-state index in [0.717, 1.165) is 44.1 Å². The van der Waals surface area contributed by atoms with Gasteiger partial charge in [0, 0.05) is 24.3 Å². The first-order chi connectivity index (χ1) is 14.5. The molecule has 8 nitrogen and oxygen atoms in total. The zero-order chi connectivity index (χ0) is 20.7. The molecule has 1 amide bonds. The van der Waals surface area contributed by atoms with Crippen LogP contribution in [0, 0.1) is 0 Å². The Morgan fingerprint density at radius 2 is 1.90 bits per heavy atom. The van der Waals surface area contributed by atoms with Gasteiger partial charge >= 0.3 is 0 Å². The standard InChI is InChI=1S/C21H29N3O5S/c25-20-13-29-21-17(2-1-10-22-21)14-3-5-15(6-4-14)28-12-19-18(9-11-24(19)20)23-30(26,27)16-7-8-16/h1-2,10,14-16,18-19,23H,3-9,11-13H2/t14-,15+,18-,19-/m0/s1. The van der Waals surface area contributed by atoms with Crippen LogP contribution in [0.25, 0.3) is 0 Å². The van der Waals surface area contributed by atoms with E-state index in [1.807, 2.05) is 12.1 Å². The number of carbonyl (C=O) groups is 1. The lowest BCUT2D eigenvalue weighted by Crippen LogP contribution is -2.51. The number of nitrogens with one attached hydrogen (secondary N) is 1. The number of rotatable bonds is 3. The van der Waals surface area contributed by atoms with Crippen molar-refractivity contribution in [1.29, 1.82) is 0 Å². The van der Waals surface area contributed by atoms with E-state index in [9.17, 15) is 13.2 Å². The first-order valence-corrected chi connectivity index (χ1v) is 12.6. The molecule has 2 atom stereocenters. The van der Waals surface area contributed by atoms with Gasteiger partial charge < -0.3 is 14.4 Å². The first kappa shape index (κ1) is 20.2. The molecular weight excluding hydrogens is 406 g/mol. The van der Waals surface area contributed by atoms with Gasteiger partial charge in [0.05, 0.1) is 24.0 Å². The van der Waals surface area contributed by atoms with Gasteiger partial charge in [-0.05, 0) is 56.9 Å². The molecule has 1 aromatic rings. The SMILES string of the molecule is O=C1COc2ncccc2[C@H]2CC[C@H](CC2)OC[C@H]2[C@@H](NS(=O)(=O)C3CC3)CCN12. The average Bonchev–Trinajstić information content (AvgIpc) is 3.54. The van der Waals surface area contributed by atoms with Crippen LogP contribution in [0.4, 0.5) is 0 Å². The summed E-state index contributed by atoms with van der Waals surface area (Å²) in [4.78, 5) is 19.1. The summed E-state index contributed by atoms with van der Waals surface area (Å²) in [6.07, 6.45) is 7.73. The Hall–Kier alpha value is -1.71. The van der Waals surface area contributed by atoms with Gasteiger partial charge in [-0.3, -0.25) is 4.79 Å². The van der Waals surface area contributed by atoms with Crippen LogP contribution in [0.3, 0.4) is 0 Å². The van der Waals surface area contributed by atoms with Crippen molar-refractivity contribution < 1.29 is 22.7 Å². The molecule has 1 aromatic heterocycles. The van der Waals surface area contributed by atoms with E-state index in [0.29, 0.717) is 31.4 Å². The maximum atomic E-state index is 13.0. The molecule has 2 bridgehead atoms. The molecule has 2 aliphatic carbocycles. The summed E-state index contributed by atoms with van der Waals surface area (Å²) >= 11 is 0. The minimum absolute atomic E-state index is 0.0985. The third-order valence-corrected chi connectivity index (χ3v) is 8.88. The summed E-state index contributed by atoms with van der Waals surface area (Å²) in [6.45, 7) is 0.749. The van der Waals surface area contributed by atoms with Crippen molar-refractivity contribution in [2.75, 3.05) is 19.8 Å². The van der Waals surface area contributed by atoms with Crippen LogP contribution < -0.4 is 9.46 Å². The Bertz CT molecular complexity index is 896. The van der Waals surface area contributed by atoms with Crippen molar-refractivity contribution in [1.82, 2.24) is 14.6 Å². The van der Waals surface area contributed by atoms with Crippen molar-refractivity contribution in [2.24, 2.45) is 0 Å². The van der Waals surface area contributed by atoms with E-state index in [1.165, 1.54) is 0 Å². The van der Waals surface area contributed by atoms with E-state index < -0.39 is 10.0 Å². The lowest BCUT2D eigenvalue weighted by Gasteiger charge is -2.32. The second kappa shape index (κ2) is 8.09. The number of sulfonamides is 1. The quantitative estimate of drug-likeness (QED) is 0.774. The molecular formula is C21H29N3O5S. The van der Waals surface area contributed by atoms with Crippen molar-refractivity contribution in [3.8, 4) is 5.88 Å². The van der Waals surface area contributed by atoms with E-state index >= 15 is 0 Å². The predicted molar refractivity (Wildman–Crippen MR) is 110 cm³/mol. The van der Waals surface area contributed by atoms with Crippen LogP contribution in [0.5, 0.6) is 5.88 Å². The Kier molecular flexibility index (Phi) is 5.45. The molecule has 0 aromatic carbocycles. The third-order valence-electron chi connectivity index (χ3n) is 6.89. The smallest absolute Gasteiger partial charge is 0.260 e. The summed E-state index contributed by atoms with van der Waals surface area (Å²) in [5.41, 5.74) is 1.07. The molecule has 164 valence electrons. The van der Waals surface area contributed by atoms with Crippen LogP contribution in [-0.4, -0.2) is 67.4 Å². The normalized spacial score (nSPS) is 32.4. The third kappa shape index (κ3) is 4.07. The zero-order valence-electron chi connectivity index (χ0n) is 17.0. The Morgan fingerprint density at radius 1 is 1.10 bits per heavy atom. The number of hydrogen-bond acceptors (Lipinski definition) is 6. The summed E-state index contributed by atoms with van der Waals surface area (Å²) in [5, 5.41) is -0.279. The van der Waals surface area contributed by atoms with Crippen molar-refractivity contribution in [2.45, 2.75) is 74.3 Å². The minimum Gasteiger partial charge on any atom is -0.467 e. The molecule has 0 unspecified atom stereocenters. The highest BCUT2D eigenvalue weighted by molar-refractivity contribution is 7.90. The highest BCUT2D eigenvalue weighted by Gasteiger charge is 2.44. The predicted octanol–water partition coefficient (Wildman–Crippen LogP) is 1.57. The van der Waals surface area contributed by atoms with Gasteiger partial charge in [0.15, 0.2) is 6.61 Å². The van der Waals surface area contributed by atoms with Crippen molar-refractivity contribution >= 4 is 15.9 Å². The topological polar surface area (TPSA) is 97.8 Å². The minimum atomic E-state index is -3.33. The summed E-state index contributed by atoms with van der Waals surface area (Å²) in [6, 6.07) is 3.33. The van der Waals surface area contributed by atoms with Crippen molar-refractivity contribution in [3.63, 3.8) is 0 Å². The number of aromatic nitrogens is 1. The van der Waals surface area contributed by atoms with Crippen LogP contribution in [0.15, 0.2) is 18.3 Å². The molecule has 1 N–H and O–H groups in total. The molecule has 3 fully saturated rings. The Morgan fingerprint density at radius 3 is 2.67 bits per heavy atom. The fourth-order valence-electron chi connectivity index (χ4n) is 5.02. The molecule has 1 saturated heterocycles. The molecule has 4 heterocycles. The second-order valence-electron chi connectivity index (χ2n) is 8.91. The van der Waals surface area contributed by atoms with Gasteiger partial charge in [-0.15, -0.1) is 0 Å². The van der Waals surface area contributed by atoms with Gasteiger partial charge in [0.25, 0.3) is 5.91 Å². The van der Waals surface area contributed by atoms with Gasteiger partial charge in [-0.1, -0.05) is 6.07 Å². The maximum Gasteiger partial charge on any atom is 0.260 e. The van der Waals surface area contributed by atoms with Gasteiger partial charge in [0.2, 0.25) is 15.9 Å². The van der Waals surface area contributed by atoms with Gasteiger partial charge in [-0.25, -0.2) is 18.1 Å². The number of pyridine rings is 1. The second-order valence-corrected chi connectivity index (χ2v) is 10.9. The average molecular weight is 436 g/mol. The Balaban J connectivity index is 1.38. The molecule has 2 saturated carbocycles. The van der Waals surface area contributed by atoms with Crippen LogP contribution in [0.1, 0.15) is 56.4 Å². The Labute approximate surface area is 177 Å². The molecule has 5 aliphatic rings. The number of carbonyl (C=O) groups excluding carboxylic acids is 1. The molecule has 0 radical (unpaired) electrons. The lowest BCUT2D eigenvalue weighted by molar-refractivity contribution is -0.136. The van der Waals surface area contributed by atoms with Crippen LogP contribution in [0.2, 0.25) is 0 Å². The van der Waals surface area contributed by atoms with E-state index in [-0.39, 0.29) is 36.0 Å². The lowest BCUT2D eigenvalue weighted by atomic mass is 9.83. The monoisotopic (exact) mass is 435 g/mol. The number of fused-ring (bicyclic) bond motifs is 5. The maximum absolute atomic E-state index is 13.0. The fraction of sp³-hybridized carbons (Fsp3) is 0.714. The summed E-state index contributed by atoms with van der Waals surface area (Å²) in [5.74, 6) is 0.749. The zero-order valence-corrected chi connectivity index (χ0v) is 17.9. The largest absolute Gasteiger partial charge is 0.467 e. The number of nitrogens with zero attached hydrogens (tertiary/aromatic N) is 2. The molecule has 30 heavy (non-hydrogen) atoms. The molecule has 6 rings (SSSR count). The van der Waals surface area contributed by atoms with Gasteiger partial charge in [-0.2, -0.15) is 0 Å². The summed E-state index contributed by atoms with van der Waals surface area (Å²) in [7, 11) is -3.33. The number of hydrogen-bond donors (Lipinski definition) is 1. The van der Waals surface area contributed by atoms with E-state index in [4.69, 9.17) is 9.47 Å². The summed E-state index contributed by atoms with van der Waals surface area (Å²) < 4.78 is 40.0. The van der Waals surface area contributed by atoms with Crippen LogP contribution in [-0.2, 0) is 19.6 Å². The fourth-order valence-corrected chi connectivity index (χ4v) is 6.66. The van der Waals surface area contributed by atoms with E-state index in [1.54, 1.807) is 11.1 Å². The highest BCUT2D eigenvalue weighted by atomic mass is 32.2. The van der Waals surface area contributed by atoms with E-state index in [2.05, 4.69) is 9.71 Å². The molecule has 9 heteroatoms. The van der Waals surface area contributed by atoms with Crippen molar-refractivity contribution in [3.05, 3.63) is 23.9 Å². The highest BCUT2D eigenvalue weighted by Crippen LogP contribution is 2.38. The molecule has 3 aliphatic heterocycles. The molecule has 0 spiro atoms. The van der Waals surface area contributed by atoms with Gasteiger partial charge in [0.1, 0.15) is 0 Å².